The molecule has 0 radical (unpaired) electrons. The Morgan fingerprint density at radius 2 is 1.84 bits per heavy atom. The van der Waals surface area contributed by atoms with E-state index in [4.69, 9.17) is 32.7 Å². The van der Waals surface area contributed by atoms with Gasteiger partial charge in [0, 0.05) is 16.1 Å². The van der Waals surface area contributed by atoms with Crippen LogP contribution < -0.4 is 14.8 Å². The van der Waals surface area contributed by atoms with Crippen LogP contribution in [0, 0.1) is 0 Å². The van der Waals surface area contributed by atoms with Crippen molar-refractivity contribution in [2.75, 3.05) is 13.7 Å². The second-order valence-electron chi connectivity index (χ2n) is 5.40. The normalized spacial score (nSPS) is 12.0. The first-order valence-corrected chi connectivity index (χ1v) is 8.44. The molecule has 0 saturated heterocycles. The van der Waals surface area contributed by atoms with E-state index < -0.39 is 0 Å². The van der Waals surface area contributed by atoms with Crippen molar-refractivity contribution >= 4 is 35.2 Å². The summed E-state index contributed by atoms with van der Waals surface area (Å²) in [5.41, 5.74) is 0.725. The highest BCUT2D eigenvalue weighted by molar-refractivity contribution is 6.35. The van der Waals surface area contributed by atoms with Gasteiger partial charge in [-0.2, -0.15) is 0 Å². The van der Waals surface area contributed by atoms with Crippen molar-refractivity contribution in [3.63, 3.8) is 0 Å². The molecule has 0 bridgehead atoms. The van der Waals surface area contributed by atoms with Crippen LogP contribution in [-0.2, 0) is 4.79 Å². The molecular weight excluding hydrogens is 361 g/mol. The molecule has 2 aromatic rings. The quantitative estimate of drug-likeness (QED) is 0.715. The maximum atomic E-state index is 12.0. The van der Waals surface area contributed by atoms with E-state index in [-0.39, 0.29) is 11.9 Å². The lowest BCUT2D eigenvalue weighted by Gasteiger charge is -2.14. The third-order valence-electron chi connectivity index (χ3n) is 3.32. The number of carbonyl (C=O) groups is 1. The number of amides is 1. The zero-order chi connectivity index (χ0) is 18.2. The summed E-state index contributed by atoms with van der Waals surface area (Å²) in [5.74, 6) is 1.25. The van der Waals surface area contributed by atoms with Crippen LogP contribution in [0.25, 0.3) is 6.08 Å². The lowest BCUT2D eigenvalue weighted by Crippen LogP contribution is -2.35. The molecule has 25 heavy (non-hydrogen) atoms. The number of methoxy groups -OCH3 is 1. The molecule has 0 unspecified atom stereocenters. The van der Waals surface area contributed by atoms with Crippen LogP contribution in [0.1, 0.15) is 12.5 Å². The molecule has 2 aromatic carbocycles. The second kappa shape index (κ2) is 9.35. The van der Waals surface area contributed by atoms with Crippen molar-refractivity contribution in [3.05, 3.63) is 64.1 Å². The van der Waals surface area contributed by atoms with E-state index in [1.54, 1.807) is 31.4 Å². The summed E-state index contributed by atoms with van der Waals surface area (Å²) >= 11 is 11.9. The maximum absolute atomic E-state index is 12.0. The molecule has 0 aliphatic rings. The van der Waals surface area contributed by atoms with Crippen molar-refractivity contribution in [3.8, 4) is 11.5 Å². The zero-order valence-corrected chi connectivity index (χ0v) is 15.5. The van der Waals surface area contributed by atoms with Crippen LogP contribution in [0.5, 0.6) is 11.5 Å². The number of ether oxygens (including phenoxy) is 2. The molecular formula is C19H19Cl2NO3. The topological polar surface area (TPSA) is 47.6 Å². The van der Waals surface area contributed by atoms with Crippen LogP contribution in [0.4, 0.5) is 0 Å². The molecule has 0 aliphatic carbocycles. The first-order chi connectivity index (χ1) is 12.0. The first kappa shape index (κ1) is 19.2. The van der Waals surface area contributed by atoms with E-state index in [0.29, 0.717) is 22.4 Å². The number of rotatable bonds is 7. The third kappa shape index (κ3) is 6.33. The fourth-order valence-corrected chi connectivity index (χ4v) is 2.50. The maximum Gasteiger partial charge on any atom is 0.244 e. The van der Waals surface area contributed by atoms with Crippen LogP contribution in [0.3, 0.4) is 0 Å². The summed E-state index contributed by atoms with van der Waals surface area (Å²) in [6.07, 6.45) is 3.07. The summed E-state index contributed by atoms with van der Waals surface area (Å²) in [6, 6.07) is 12.2. The Labute approximate surface area is 157 Å². The summed E-state index contributed by atoms with van der Waals surface area (Å²) in [4.78, 5) is 12.0. The number of hydrogen-bond donors (Lipinski definition) is 1. The Morgan fingerprint density at radius 3 is 2.48 bits per heavy atom. The molecule has 0 aromatic heterocycles. The molecule has 6 heteroatoms. The van der Waals surface area contributed by atoms with Crippen LogP contribution in [0.2, 0.25) is 10.0 Å². The van der Waals surface area contributed by atoms with E-state index in [2.05, 4.69) is 5.32 Å². The fraction of sp³-hybridized carbons (Fsp3) is 0.211. The average molecular weight is 380 g/mol. The van der Waals surface area contributed by atoms with Gasteiger partial charge in [-0.1, -0.05) is 29.3 Å². The van der Waals surface area contributed by atoms with Crippen molar-refractivity contribution in [1.82, 2.24) is 5.32 Å². The van der Waals surface area contributed by atoms with E-state index in [1.165, 1.54) is 6.08 Å². The van der Waals surface area contributed by atoms with Crippen LogP contribution in [0.15, 0.2) is 48.5 Å². The summed E-state index contributed by atoms with van der Waals surface area (Å²) in [6.45, 7) is 2.22. The predicted molar refractivity (Wildman–Crippen MR) is 102 cm³/mol. The Morgan fingerprint density at radius 1 is 1.16 bits per heavy atom. The van der Waals surface area contributed by atoms with Gasteiger partial charge in [-0.05, 0) is 55.0 Å². The van der Waals surface area contributed by atoms with Crippen molar-refractivity contribution in [2.24, 2.45) is 0 Å². The monoisotopic (exact) mass is 379 g/mol. The lowest BCUT2D eigenvalue weighted by atomic mass is 10.2. The Hall–Kier alpha value is -2.17. The van der Waals surface area contributed by atoms with Gasteiger partial charge in [0.1, 0.15) is 18.1 Å². The highest BCUT2D eigenvalue weighted by atomic mass is 35.5. The number of nitrogens with one attached hydrogen (secondary N) is 1. The highest BCUT2D eigenvalue weighted by Crippen LogP contribution is 2.22. The number of halogens is 2. The average Bonchev–Trinajstić information content (AvgIpc) is 2.59. The zero-order valence-electron chi connectivity index (χ0n) is 14.0. The van der Waals surface area contributed by atoms with Gasteiger partial charge < -0.3 is 14.8 Å². The lowest BCUT2D eigenvalue weighted by molar-refractivity contribution is -0.117. The molecule has 0 heterocycles. The minimum absolute atomic E-state index is 0.153. The van der Waals surface area contributed by atoms with Gasteiger partial charge in [0.05, 0.1) is 13.2 Å². The minimum Gasteiger partial charge on any atom is -0.497 e. The summed E-state index contributed by atoms with van der Waals surface area (Å²) in [5, 5.41) is 3.87. The number of hydrogen-bond acceptors (Lipinski definition) is 3. The van der Waals surface area contributed by atoms with Gasteiger partial charge in [0.25, 0.3) is 0 Å². The van der Waals surface area contributed by atoms with Gasteiger partial charge in [-0.15, -0.1) is 0 Å². The van der Waals surface area contributed by atoms with Crippen LogP contribution >= 0.6 is 23.2 Å². The fourth-order valence-electron chi connectivity index (χ4n) is 2.03. The van der Waals surface area contributed by atoms with E-state index in [0.717, 1.165) is 11.3 Å². The molecule has 0 saturated carbocycles. The molecule has 0 fully saturated rings. The SMILES string of the molecule is COc1ccc(OC[C@H](C)NC(=O)/C=C/c2ccc(Cl)cc2Cl)cc1. The molecule has 1 atom stereocenters. The number of benzene rings is 2. The van der Waals surface area contributed by atoms with E-state index >= 15 is 0 Å². The largest absolute Gasteiger partial charge is 0.497 e. The van der Waals surface area contributed by atoms with Gasteiger partial charge in [0.15, 0.2) is 0 Å². The van der Waals surface area contributed by atoms with Crippen molar-refractivity contribution in [2.45, 2.75) is 13.0 Å². The Kier molecular flexibility index (Phi) is 7.16. The predicted octanol–water partition coefficient (Wildman–Crippen LogP) is 4.60. The Balaban J connectivity index is 1.81. The molecule has 132 valence electrons. The van der Waals surface area contributed by atoms with Gasteiger partial charge in [-0.3, -0.25) is 4.79 Å². The number of carbonyl (C=O) groups excluding carboxylic acids is 1. The summed E-state index contributed by atoms with van der Waals surface area (Å²) in [7, 11) is 1.61. The second-order valence-corrected chi connectivity index (χ2v) is 6.24. The Bertz CT molecular complexity index is 745. The molecule has 2 rings (SSSR count). The van der Waals surface area contributed by atoms with E-state index in [9.17, 15) is 4.79 Å². The first-order valence-electron chi connectivity index (χ1n) is 7.68. The van der Waals surface area contributed by atoms with Crippen LogP contribution in [-0.4, -0.2) is 25.7 Å². The van der Waals surface area contributed by atoms with Gasteiger partial charge >= 0.3 is 0 Å². The highest BCUT2D eigenvalue weighted by Gasteiger charge is 2.06. The van der Waals surface area contributed by atoms with Gasteiger partial charge in [0.2, 0.25) is 5.91 Å². The molecule has 1 N–H and O–H groups in total. The smallest absolute Gasteiger partial charge is 0.244 e. The standard InChI is InChI=1S/C19H19Cl2NO3/c1-13(12-25-17-8-6-16(24-2)7-9-17)22-19(23)10-4-14-3-5-15(20)11-18(14)21/h3-11,13H,12H2,1-2H3,(H,22,23)/b10-4+/t13-/m0/s1. The van der Waals surface area contributed by atoms with Gasteiger partial charge in [-0.25, -0.2) is 0 Å². The molecule has 0 aliphatic heterocycles. The van der Waals surface area contributed by atoms with Crippen molar-refractivity contribution in [1.29, 1.82) is 0 Å². The molecule has 1 amide bonds. The molecule has 0 spiro atoms. The van der Waals surface area contributed by atoms with Crippen molar-refractivity contribution < 1.29 is 14.3 Å². The summed E-state index contributed by atoms with van der Waals surface area (Å²) < 4.78 is 10.7. The third-order valence-corrected chi connectivity index (χ3v) is 3.89. The van der Waals surface area contributed by atoms with E-state index in [1.807, 2.05) is 31.2 Å². The minimum atomic E-state index is -0.225. The molecule has 4 nitrogen and oxygen atoms in total.